The maximum Gasteiger partial charge on any atom is 0.697 e. The molecule has 5 unspecified atom stereocenters. The van der Waals surface area contributed by atoms with Gasteiger partial charge in [0.1, 0.15) is 37.1 Å². The van der Waals surface area contributed by atoms with Crippen molar-refractivity contribution >= 4 is 8.25 Å². The Morgan fingerprint density at radius 2 is 1.07 bits per heavy atom. The molecule has 8 nitrogen and oxygen atoms in total. The number of hydrogen-bond donors (Lipinski definition) is 5. The van der Waals surface area contributed by atoms with E-state index in [1.807, 2.05) is 0 Å². The number of aliphatic hydroxyl groups excluding tert-OH is 5. The largest absolute Gasteiger partial charge is 0.697 e. The first-order valence-electron chi connectivity index (χ1n) is 10.1. The van der Waals surface area contributed by atoms with Crippen LogP contribution in [0.1, 0.15) is 71.1 Å². The van der Waals surface area contributed by atoms with Gasteiger partial charge in [-0.2, -0.15) is 0 Å². The molecule has 0 radical (unpaired) electrons. The minimum absolute atomic E-state index is 0.221. The summed E-state index contributed by atoms with van der Waals surface area (Å²) in [5.41, 5.74) is 0. The van der Waals surface area contributed by atoms with E-state index < -0.39 is 44.9 Å². The average molecular weight is 411 g/mol. The van der Waals surface area contributed by atoms with E-state index >= 15 is 0 Å². The average Bonchev–Trinajstić information content (AvgIpc) is 2.66. The molecule has 0 aromatic carbocycles. The van der Waals surface area contributed by atoms with Gasteiger partial charge in [-0.25, -0.2) is 0 Å². The van der Waals surface area contributed by atoms with E-state index in [1.165, 1.54) is 44.9 Å². The van der Waals surface area contributed by atoms with E-state index in [1.54, 1.807) is 0 Å². The monoisotopic (exact) mass is 411 g/mol. The third-order valence-corrected chi connectivity index (χ3v) is 5.78. The lowest BCUT2D eigenvalue weighted by Crippen LogP contribution is -2.63. The molecular formula is C18H36O8P+. The van der Waals surface area contributed by atoms with Crippen molar-refractivity contribution < 1.29 is 39.1 Å². The molecule has 0 aromatic heterocycles. The van der Waals surface area contributed by atoms with Gasteiger partial charge in [0, 0.05) is 4.57 Å². The molecule has 1 aliphatic rings. The summed E-state index contributed by atoms with van der Waals surface area (Å²) in [7, 11) is -2.62. The van der Waals surface area contributed by atoms with Gasteiger partial charge in [-0.05, 0) is 6.42 Å². The Labute approximate surface area is 162 Å². The van der Waals surface area contributed by atoms with Gasteiger partial charge in [0.05, 0.1) is 0 Å². The molecule has 0 aliphatic heterocycles. The van der Waals surface area contributed by atoms with Crippen molar-refractivity contribution in [3.05, 3.63) is 0 Å². The summed E-state index contributed by atoms with van der Waals surface area (Å²) in [4.78, 5) is 0. The van der Waals surface area contributed by atoms with Crippen molar-refractivity contribution in [1.82, 2.24) is 0 Å². The molecule has 1 saturated carbocycles. The van der Waals surface area contributed by atoms with Crippen LogP contribution >= 0.6 is 8.25 Å². The van der Waals surface area contributed by atoms with Gasteiger partial charge in [0.25, 0.3) is 0 Å². The van der Waals surface area contributed by atoms with E-state index in [0.717, 1.165) is 19.3 Å². The summed E-state index contributed by atoms with van der Waals surface area (Å²) in [5.74, 6) is 0. The highest BCUT2D eigenvalue weighted by Gasteiger charge is 2.52. The molecule has 1 rings (SSSR count). The first-order valence-corrected chi connectivity index (χ1v) is 11.2. The number of unbranched alkanes of at least 4 members (excludes halogenated alkanes) is 9. The number of hydrogen-bond acceptors (Lipinski definition) is 8. The zero-order valence-electron chi connectivity index (χ0n) is 16.2. The fourth-order valence-electron chi connectivity index (χ4n) is 3.18. The Morgan fingerprint density at radius 1 is 0.667 bits per heavy atom. The number of aliphatic hydroxyl groups is 5. The Balaban J connectivity index is 2.10. The lowest BCUT2D eigenvalue weighted by molar-refractivity contribution is -0.217. The molecule has 0 saturated heterocycles. The van der Waals surface area contributed by atoms with Crippen LogP contribution in [0.25, 0.3) is 0 Å². The van der Waals surface area contributed by atoms with Crippen molar-refractivity contribution in [2.75, 3.05) is 6.61 Å². The molecule has 5 N–H and O–H groups in total. The molecule has 0 bridgehead atoms. The molecular weight excluding hydrogens is 375 g/mol. The lowest BCUT2D eigenvalue weighted by Gasteiger charge is -2.38. The van der Waals surface area contributed by atoms with E-state index in [9.17, 15) is 30.1 Å². The zero-order valence-corrected chi connectivity index (χ0v) is 17.0. The smallest absolute Gasteiger partial charge is 0.387 e. The highest BCUT2D eigenvalue weighted by molar-refractivity contribution is 7.33. The van der Waals surface area contributed by atoms with Crippen molar-refractivity contribution in [3.8, 4) is 0 Å². The van der Waals surface area contributed by atoms with Crippen molar-refractivity contribution in [1.29, 1.82) is 0 Å². The van der Waals surface area contributed by atoms with E-state index in [4.69, 9.17) is 9.05 Å². The summed E-state index contributed by atoms with van der Waals surface area (Å²) >= 11 is 0. The lowest BCUT2D eigenvalue weighted by atomic mass is 9.85. The predicted octanol–water partition coefficient (Wildman–Crippen LogP) is 1.78. The highest BCUT2D eigenvalue weighted by Crippen LogP contribution is 2.33. The van der Waals surface area contributed by atoms with Gasteiger partial charge < -0.3 is 25.5 Å². The maximum absolute atomic E-state index is 11.8. The second kappa shape index (κ2) is 13.9. The third-order valence-electron chi connectivity index (χ3n) is 4.98. The minimum atomic E-state index is -2.62. The van der Waals surface area contributed by atoms with Crippen molar-refractivity contribution in [2.24, 2.45) is 0 Å². The fourth-order valence-corrected chi connectivity index (χ4v) is 3.97. The summed E-state index contributed by atoms with van der Waals surface area (Å²) in [5, 5.41) is 48.3. The first-order chi connectivity index (χ1) is 12.9. The van der Waals surface area contributed by atoms with Crippen LogP contribution in [-0.2, 0) is 13.6 Å². The summed E-state index contributed by atoms with van der Waals surface area (Å²) in [6.45, 7) is 2.43. The van der Waals surface area contributed by atoms with Gasteiger partial charge in [0.2, 0.25) is 0 Å². The molecule has 9 heteroatoms. The standard InChI is InChI=1S/C18H36O8P/c1-2-3-4-5-6-7-8-9-10-11-12-25-27(24)26-18-16(22)14(20)13(19)15(21)17(18)23/h13-23H,2-12H2,1H3/q+1. The van der Waals surface area contributed by atoms with E-state index in [2.05, 4.69) is 6.92 Å². The van der Waals surface area contributed by atoms with Crippen LogP contribution in [0.4, 0.5) is 0 Å². The predicted molar refractivity (Wildman–Crippen MR) is 100 cm³/mol. The minimum Gasteiger partial charge on any atom is -0.387 e. The third kappa shape index (κ3) is 8.79. The normalized spacial score (nSPS) is 31.9. The summed E-state index contributed by atoms with van der Waals surface area (Å²) < 4.78 is 21.8. The van der Waals surface area contributed by atoms with Gasteiger partial charge in [-0.15, -0.1) is 9.05 Å². The van der Waals surface area contributed by atoms with E-state index in [-0.39, 0.29) is 6.61 Å². The molecule has 160 valence electrons. The molecule has 0 spiro atoms. The van der Waals surface area contributed by atoms with Gasteiger partial charge in [-0.1, -0.05) is 64.7 Å². The second-order valence-corrected chi connectivity index (χ2v) is 8.18. The molecule has 1 aliphatic carbocycles. The molecule has 5 atom stereocenters. The summed E-state index contributed by atoms with van der Waals surface area (Å²) in [6.07, 6.45) is 1.63. The van der Waals surface area contributed by atoms with Crippen LogP contribution in [0, 0.1) is 0 Å². The van der Waals surface area contributed by atoms with E-state index in [0.29, 0.717) is 0 Å². The van der Waals surface area contributed by atoms with Crippen molar-refractivity contribution in [3.63, 3.8) is 0 Å². The molecule has 27 heavy (non-hydrogen) atoms. The van der Waals surface area contributed by atoms with Crippen LogP contribution in [0.5, 0.6) is 0 Å². The highest BCUT2D eigenvalue weighted by atomic mass is 31.1. The van der Waals surface area contributed by atoms with Crippen LogP contribution in [0.3, 0.4) is 0 Å². The quantitative estimate of drug-likeness (QED) is 0.216. The SMILES string of the molecule is CCCCCCCCCCCCO[P+](=O)OC1C(O)C(O)C(O)C(O)C1O. The van der Waals surface area contributed by atoms with Gasteiger partial charge >= 0.3 is 8.25 Å². The molecule has 0 heterocycles. The van der Waals surface area contributed by atoms with Crippen LogP contribution in [-0.4, -0.2) is 68.8 Å². The molecule has 1 fully saturated rings. The van der Waals surface area contributed by atoms with Gasteiger partial charge in [-0.3, -0.25) is 0 Å². The molecule has 0 amide bonds. The Kier molecular flexibility index (Phi) is 12.8. The Hall–Kier alpha value is -0.180. The van der Waals surface area contributed by atoms with Gasteiger partial charge in [0.15, 0.2) is 6.10 Å². The summed E-state index contributed by atoms with van der Waals surface area (Å²) in [6, 6.07) is 0. The number of rotatable bonds is 14. The van der Waals surface area contributed by atoms with Crippen LogP contribution < -0.4 is 0 Å². The van der Waals surface area contributed by atoms with Crippen molar-refractivity contribution in [2.45, 2.75) is 108 Å². The van der Waals surface area contributed by atoms with Crippen LogP contribution in [0.15, 0.2) is 0 Å². The Morgan fingerprint density at radius 3 is 1.56 bits per heavy atom. The fraction of sp³-hybridized carbons (Fsp3) is 1.00. The maximum atomic E-state index is 11.8. The molecule has 0 aromatic rings. The van der Waals surface area contributed by atoms with Crippen LogP contribution in [0.2, 0.25) is 0 Å². The first kappa shape index (κ1) is 24.9. The second-order valence-electron chi connectivity index (χ2n) is 7.26. The topological polar surface area (TPSA) is 137 Å². The Bertz CT molecular complexity index is 395. The zero-order chi connectivity index (χ0) is 20.2.